The summed E-state index contributed by atoms with van der Waals surface area (Å²) < 4.78 is 30.5. The van der Waals surface area contributed by atoms with Gasteiger partial charge in [0.05, 0.1) is 18.0 Å². The van der Waals surface area contributed by atoms with Gasteiger partial charge in [0.15, 0.2) is 0 Å². The molecule has 0 bridgehead atoms. The van der Waals surface area contributed by atoms with Crippen molar-refractivity contribution in [1.29, 1.82) is 0 Å². The molecule has 0 spiro atoms. The van der Waals surface area contributed by atoms with Crippen LogP contribution in [0.2, 0.25) is 0 Å². The minimum Gasteiger partial charge on any atom is -0.393 e. The molecule has 4 aliphatic rings. The van der Waals surface area contributed by atoms with E-state index in [1.165, 1.54) is 6.42 Å². The lowest BCUT2D eigenvalue weighted by Gasteiger charge is -2.62. The number of fused-ring (bicyclic) bond motifs is 5. The van der Waals surface area contributed by atoms with Crippen molar-refractivity contribution in [3.8, 4) is 0 Å². The molecule has 4 rings (SSSR count). The molecule has 0 aromatic rings. The summed E-state index contributed by atoms with van der Waals surface area (Å²) in [5.74, 6) is 2.10. The largest absolute Gasteiger partial charge is 0.393 e. The average molecular weight is 500 g/mol. The molecule has 34 heavy (non-hydrogen) atoms. The Morgan fingerprint density at radius 2 is 1.71 bits per heavy atom. The highest BCUT2D eigenvalue weighted by Crippen LogP contribution is 2.68. The second-order valence-corrected chi connectivity index (χ2v) is 14.2. The lowest BCUT2D eigenvalue weighted by atomic mass is 9.43. The van der Waals surface area contributed by atoms with Gasteiger partial charge in [0.2, 0.25) is 5.91 Å². The number of hydrogen-bond acceptors (Lipinski definition) is 5. The molecular formula is C26H45NO6S. The van der Waals surface area contributed by atoms with Crippen molar-refractivity contribution < 1.29 is 28.0 Å². The van der Waals surface area contributed by atoms with Gasteiger partial charge in [0.25, 0.3) is 10.1 Å². The molecule has 4 saturated carbocycles. The van der Waals surface area contributed by atoms with Crippen LogP contribution in [0.25, 0.3) is 0 Å². The van der Waals surface area contributed by atoms with Crippen LogP contribution in [-0.2, 0) is 14.9 Å². The van der Waals surface area contributed by atoms with E-state index < -0.39 is 15.9 Å². The number of carbonyl (C=O) groups is 1. The minimum atomic E-state index is -4.06. The Labute approximate surface area is 205 Å². The number of aliphatic hydroxyl groups excluding tert-OH is 2. The third kappa shape index (κ3) is 4.94. The van der Waals surface area contributed by atoms with Crippen LogP contribution in [0.3, 0.4) is 0 Å². The fourth-order valence-electron chi connectivity index (χ4n) is 9.14. The van der Waals surface area contributed by atoms with Gasteiger partial charge in [-0.2, -0.15) is 8.42 Å². The zero-order valence-electron chi connectivity index (χ0n) is 21.1. The number of hydrogen-bond donors (Lipinski definition) is 4. The Bertz CT molecular complexity index is 863. The molecule has 0 radical (unpaired) electrons. The van der Waals surface area contributed by atoms with Gasteiger partial charge < -0.3 is 15.5 Å². The smallest absolute Gasteiger partial charge is 0.266 e. The summed E-state index contributed by atoms with van der Waals surface area (Å²) >= 11 is 0. The first-order valence-electron chi connectivity index (χ1n) is 13.4. The van der Waals surface area contributed by atoms with Crippen LogP contribution < -0.4 is 5.32 Å². The molecular weight excluding hydrogens is 454 g/mol. The summed E-state index contributed by atoms with van der Waals surface area (Å²) in [7, 11) is -4.06. The van der Waals surface area contributed by atoms with E-state index in [0.29, 0.717) is 41.9 Å². The van der Waals surface area contributed by atoms with Gasteiger partial charge in [-0.1, -0.05) is 20.8 Å². The van der Waals surface area contributed by atoms with E-state index in [9.17, 15) is 23.4 Å². The predicted molar refractivity (Wildman–Crippen MR) is 130 cm³/mol. The van der Waals surface area contributed by atoms with Crippen molar-refractivity contribution in [2.45, 2.75) is 97.2 Å². The number of carbonyl (C=O) groups excluding carboxylic acids is 1. The lowest BCUT2D eigenvalue weighted by Crippen LogP contribution is -2.58. The summed E-state index contributed by atoms with van der Waals surface area (Å²) in [6.07, 6.45) is 8.87. The minimum absolute atomic E-state index is 0.0625. The summed E-state index contributed by atoms with van der Waals surface area (Å²) in [6, 6.07) is 0. The molecule has 8 heteroatoms. The van der Waals surface area contributed by atoms with Crippen LogP contribution in [0, 0.1) is 46.3 Å². The maximum absolute atomic E-state index is 12.2. The molecule has 1 amide bonds. The van der Waals surface area contributed by atoms with Gasteiger partial charge in [-0.05, 0) is 104 Å². The van der Waals surface area contributed by atoms with Crippen molar-refractivity contribution in [2.24, 2.45) is 46.3 Å². The fourth-order valence-corrected chi connectivity index (χ4v) is 9.50. The molecule has 4 fully saturated rings. The molecule has 0 aliphatic heterocycles. The van der Waals surface area contributed by atoms with E-state index in [-0.39, 0.29) is 35.5 Å². The first kappa shape index (κ1) is 26.4. The highest BCUT2D eigenvalue weighted by molar-refractivity contribution is 7.85. The molecule has 10 atom stereocenters. The highest BCUT2D eigenvalue weighted by Gasteiger charge is 2.62. The van der Waals surface area contributed by atoms with Crippen molar-refractivity contribution in [3.05, 3.63) is 0 Å². The maximum Gasteiger partial charge on any atom is 0.266 e. The van der Waals surface area contributed by atoms with Crippen LogP contribution in [-0.4, -0.2) is 53.6 Å². The van der Waals surface area contributed by atoms with Crippen LogP contribution in [0.15, 0.2) is 0 Å². The van der Waals surface area contributed by atoms with Crippen molar-refractivity contribution >= 4 is 16.0 Å². The molecule has 4 N–H and O–H groups in total. The number of rotatable bonds is 7. The topological polar surface area (TPSA) is 124 Å². The quantitative estimate of drug-likeness (QED) is 0.398. The fraction of sp³-hybridized carbons (Fsp3) is 0.962. The Balaban J connectivity index is 1.39. The van der Waals surface area contributed by atoms with Crippen molar-refractivity contribution in [1.82, 2.24) is 5.32 Å². The first-order chi connectivity index (χ1) is 15.8. The molecule has 0 saturated heterocycles. The second kappa shape index (κ2) is 9.64. The van der Waals surface area contributed by atoms with E-state index in [2.05, 4.69) is 26.1 Å². The van der Waals surface area contributed by atoms with Crippen LogP contribution in [0.5, 0.6) is 0 Å². The zero-order chi connectivity index (χ0) is 24.9. The summed E-state index contributed by atoms with van der Waals surface area (Å²) in [5.41, 5.74) is 0.411. The Morgan fingerprint density at radius 1 is 1.03 bits per heavy atom. The Morgan fingerprint density at radius 3 is 2.41 bits per heavy atom. The van der Waals surface area contributed by atoms with Crippen LogP contribution in [0.1, 0.15) is 85.0 Å². The summed E-state index contributed by atoms with van der Waals surface area (Å²) in [6.45, 7) is 7.05. The average Bonchev–Trinajstić information content (AvgIpc) is 3.09. The van der Waals surface area contributed by atoms with E-state index in [1.54, 1.807) is 0 Å². The zero-order valence-corrected chi connectivity index (χ0v) is 21.9. The molecule has 0 unspecified atom stereocenters. The van der Waals surface area contributed by atoms with E-state index in [1.807, 2.05) is 0 Å². The third-order valence-corrected chi connectivity index (χ3v) is 11.6. The van der Waals surface area contributed by atoms with Gasteiger partial charge in [-0.3, -0.25) is 9.35 Å². The number of nitrogens with one attached hydrogen (secondary N) is 1. The maximum atomic E-state index is 12.2. The molecule has 0 aromatic heterocycles. The monoisotopic (exact) mass is 499 g/mol. The van der Waals surface area contributed by atoms with Gasteiger partial charge in [0.1, 0.15) is 0 Å². The number of aliphatic hydroxyl groups is 2. The Kier molecular flexibility index (Phi) is 7.47. The van der Waals surface area contributed by atoms with Crippen LogP contribution in [0.4, 0.5) is 0 Å². The van der Waals surface area contributed by atoms with E-state index >= 15 is 0 Å². The normalized spacial score (nSPS) is 45.1. The molecule has 4 aliphatic carbocycles. The summed E-state index contributed by atoms with van der Waals surface area (Å²) in [4.78, 5) is 12.2. The van der Waals surface area contributed by atoms with Gasteiger partial charge >= 0.3 is 0 Å². The Hall–Kier alpha value is -0.700. The SMILES string of the molecule is C[C@H](CCC(=O)NCCS(=O)(=O)O)[C@@H]1CC[C@@H]2[C@H]3[C@H](O)C[C@H]4C[C@H](O)CC[C@@]4(C)[C@H]3CC[C@@]21C. The van der Waals surface area contributed by atoms with Gasteiger partial charge in [-0.25, -0.2) is 0 Å². The predicted octanol–water partition coefficient (Wildman–Crippen LogP) is 3.40. The lowest BCUT2D eigenvalue weighted by molar-refractivity contribution is -0.174. The van der Waals surface area contributed by atoms with E-state index in [0.717, 1.165) is 51.4 Å². The number of amides is 1. The molecule has 0 heterocycles. The van der Waals surface area contributed by atoms with E-state index in [4.69, 9.17) is 4.55 Å². The first-order valence-corrected chi connectivity index (χ1v) is 15.0. The molecule has 0 aromatic carbocycles. The van der Waals surface area contributed by atoms with Crippen molar-refractivity contribution in [2.75, 3.05) is 12.3 Å². The standard InChI is InChI=1S/C26H45NO6S/c1-16(4-7-23(30)27-12-13-34(31,32)33)19-5-6-20-24-21(9-11-26(19,20)3)25(2)10-8-18(28)14-17(25)15-22(24)29/h16-22,24,28-29H,4-15H2,1-3H3,(H,27,30)(H,31,32,33)/t16-,17-,18-,19+,20-,21+,22-,24-,25-,26-/m1/s1. The van der Waals surface area contributed by atoms with Crippen LogP contribution >= 0.6 is 0 Å². The molecule has 7 nitrogen and oxygen atoms in total. The second-order valence-electron chi connectivity index (χ2n) is 12.6. The molecule has 196 valence electrons. The van der Waals surface area contributed by atoms with Crippen molar-refractivity contribution in [3.63, 3.8) is 0 Å². The third-order valence-electron chi connectivity index (χ3n) is 10.9. The van der Waals surface area contributed by atoms with Gasteiger partial charge in [-0.15, -0.1) is 0 Å². The highest BCUT2D eigenvalue weighted by atomic mass is 32.2. The summed E-state index contributed by atoms with van der Waals surface area (Å²) in [5, 5.41) is 24.2. The van der Waals surface area contributed by atoms with Gasteiger partial charge in [0, 0.05) is 13.0 Å².